The molecule has 8 heteroatoms. The predicted octanol–water partition coefficient (Wildman–Crippen LogP) is 6.05. The number of rotatable bonds is 5. The molecule has 4 nitrogen and oxygen atoms in total. The number of ether oxygens (including phenoxy) is 1. The van der Waals surface area contributed by atoms with Crippen molar-refractivity contribution < 1.29 is 19.0 Å². The average molecular weight is 498 g/mol. The molecule has 2 aromatic carbocycles. The van der Waals surface area contributed by atoms with Gasteiger partial charge < -0.3 is 14.7 Å². The third-order valence-corrected chi connectivity index (χ3v) is 6.56. The molecule has 0 bridgehead atoms. The van der Waals surface area contributed by atoms with Gasteiger partial charge in [-0.1, -0.05) is 34.2 Å². The Balaban J connectivity index is 2.00. The Morgan fingerprint density at radius 3 is 2.66 bits per heavy atom. The second kappa shape index (κ2) is 8.62. The van der Waals surface area contributed by atoms with Gasteiger partial charge in [0.1, 0.15) is 17.2 Å². The maximum Gasteiger partial charge on any atom is 0.304 e. The van der Waals surface area contributed by atoms with Crippen molar-refractivity contribution in [2.45, 2.75) is 49.5 Å². The van der Waals surface area contributed by atoms with E-state index in [0.29, 0.717) is 20.8 Å². The van der Waals surface area contributed by atoms with Gasteiger partial charge in [0.05, 0.1) is 28.9 Å². The van der Waals surface area contributed by atoms with E-state index in [9.17, 15) is 14.3 Å². The molecule has 1 aliphatic heterocycles. The predicted molar refractivity (Wildman–Crippen MR) is 122 cm³/mol. The first-order valence-electron chi connectivity index (χ1n) is 9.00. The highest BCUT2D eigenvalue weighted by Crippen LogP contribution is 2.44. The molecule has 1 atom stereocenters. The summed E-state index contributed by atoms with van der Waals surface area (Å²) in [6.07, 6.45) is -0.105. The second-order valence-corrected chi connectivity index (χ2v) is 10.3. The molecule has 0 aromatic heterocycles. The molecule has 1 unspecified atom stereocenters. The van der Waals surface area contributed by atoms with Crippen molar-refractivity contribution >= 4 is 56.6 Å². The molecule has 0 saturated carbocycles. The number of thioether (sulfide) groups is 1. The summed E-state index contributed by atoms with van der Waals surface area (Å²) >= 11 is 10.3. The summed E-state index contributed by atoms with van der Waals surface area (Å²) in [5.74, 6) is -0.574. The lowest BCUT2D eigenvalue weighted by Gasteiger charge is -2.36. The van der Waals surface area contributed by atoms with Crippen molar-refractivity contribution in [1.29, 1.82) is 0 Å². The van der Waals surface area contributed by atoms with Gasteiger partial charge in [0.25, 0.3) is 0 Å². The number of aliphatic carboxylic acids is 1. The van der Waals surface area contributed by atoms with Crippen LogP contribution in [0.1, 0.15) is 32.8 Å². The first-order valence-corrected chi connectivity index (χ1v) is 11.1. The number of thiocarbonyl (C=S) groups is 1. The van der Waals surface area contributed by atoms with Crippen molar-refractivity contribution in [2.75, 3.05) is 4.90 Å². The normalized spacial score (nSPS) is 16.5. The lowest BCUT2D eigenvalue weighted by Crippen LogP contribution is -2.40. The van der Waals surface area contributed by atoms with Crippen LogP contribution < -0.4 is 9.64 Å². The van der Waals surface area contributed by atoms with Gasteiger partial charge in [-0.25, -0.2) is 4.39 Å². The fourth-order valence-corrected chi connectivity index (χ4v) is 4.96. The van der Waals surface area contributed by atoms with E-state index in [2.05, 4.69) is 15.9 Å². The van der Waals surface area contributed by atoms with Gasteiger partial charge in [-0.3, -0.25) is 4.79 Å². The number of halogens is 2. The summed E-state index contributed by atoms with van der Waals surface area (Å²) in [4.78, 5) is 14.5. The second-order valence-electron chi connectivity index (χ2n) is 7.71. The largest absolute Gasteiger partial charge is 0.488 e. The highest BCUT2D eigenvalue weighted by Gasteiger charge is 2.33. The number of anilines is 1. The number of hydrogen-bond donors (Lipinski definition) is 1. The molecule has 29 heavy (non-hydrogen) atoms. The molecule has 0 aliphatic carbocycles. The fraction of sp³-hybridized carbons (Fsp3) is 0.333. The summed E-state index contributed by atoms with van der Waals surface area (Å²) in [6.45, 7) is 6.11. The number of fused-ring (bicyclic) bond motifs is 1. The summed E-state index contributed by atoms with van der Waals surface area (Å²) < 4.78 is 21.1. The van der Waals surface area contributed by atoms with Crippen LogP contribution in [0.5, 0.6) is 5.75 Å². The molecule has 0 fully saturated rings. The van der Waals surface area contributed by atoms with E-state index in [1.54, 1.807) is 12.1 Å². The molecule has 0 saturated heterocycles. The standard InChI is InChI=1S/C21H21BrFNO3S2/c1-21(2,3)27-14-6-7-16-17(9-14)29-18(10-19(25)26)20(28)24(16)11-12-4-5-13(22)8-15(12)23/h4-9,18H,10-11H2,1-3H3,(H,25,26). The van der Waals surface area contributed by atoms with Crippen molar-refractivity contribution in [1.82, 2.24) is 0 Å². The van der Waals surface area contributed by atoms with Gasteiger partial charge >= 0.3 is 5.97 Å². The SMILES string of the molecule is CC(C)(C)Oc1ccc2c(c1)SC(CC(=O)O)C(=S)N2Cc1ccc(Br)cc1F. The quantitative estimate of drug-likeness (QED) is 0.507. The van der Waals surface area contributed by atoms with E-state index in [1.807, 2.05) is 43.9 Å². The number of carboxylic acid groups (broad SMARTS) is 1. The van der Waals surface area contributed by atoms with Crippen molar-refractivity contribution in [3.05, 3.63) is 52.3 Å². The van der Waals surface area contributed by atoms with Crippen LogP contribution in [0.25, 0.3) is 0 Å². The molecule has 1 N–H and O–H groups in total. The summed E-state index contributed by atoms with van der Waals surface area (Å²) in [5.41, 5.74) is 0.951. The lowest BCUT2D eigenvalue weighted by atomic mass is 10.1. The Morgan fingerprint density at radius 2 is 2.03 bits per heavy atom. The van der Waals surface area contributed by atoms with Crippen LogP contribution in [0.4, 0.5) is 10.1 Å². The van der Waals surface area contributed by atoms with Crippen molar-refractivity contribution in [2.24, 2.45) is 0 Å². The number of hydrogen-bond acceptors (Lipinski definition) is 4. The van der Waals surface area contributed by atoms with Crippen LogP contribution in [-0.2, 0) is 11.3 Å². The van der Waals surface area contributed by atoms with Crippen LogP contribution in [0, 0.1) is 5.82 Å². The Labute approximate surface area is 187 Å². The average Bonchev–Trinajstić information content (AvgIpc) is 2.58. The maximum atomic E-state index is 14.4. The van der Waals surface area contributed by atoms with Crippen LogP contribution in [0.2, 0.25) is 0 Å². The van der Waals surface area contributed by atoms with Gasteiger partial charge in [-0.15, -0.1) is 11.8 Å². The molecule has 0 amide bonds. The Morgan fingerprint density at radius 1 is 1.31 bits per heavy atom. The first-order chi connectivity index (χ1) is 13.5. The summed E-state index contributed by atoms with van der Waals surface area (Å²) in [6, 6.07) is 10.5. The molecular weight excluding hydrogens is 477 g/mol. The highest BCUT2D eigenvalue weighted by atomic mass is 79.9. The lowest BCUT2D eigenvalue weighted by molar-refractivity contribution is -0.136. The number of nitrogens with zero attached hydrogens (tertiary/aromatic N) is 1. The van der Waals surface area contributed by atoms with E-state index in [4.69, 9.17) is 17.0 Å². The van der Waals surface area contributed by atoms with Gasteiger partial charge in [0.2, 0.25) is 0 Å². The topological polar surface area (TPSA) is 49.8 Å². The van der Waals surface area contributed by atoms with Gasteiger partial charge in [-0.05, 0) is 51.1 Å². The van der Waals surface area contributed by atoms with E-state index in [0.717, 1.165) is 10.6 Å². The first kappa shape index (κ1) is 22.1. The zero-order chi connectivity index (χ0) is 21.3. The number of carbonyl (C=O) groups is 1. The third-order valence-electron chi connectivity index (χ3n) is 4.16. The van der Waals surface area contributed by atoms with E-state index < -0.39 is 11.2 Å². The Kier molecular flexibility index (Phi) is 6.55. The third kappa shape index (κ3) is 5.49. The van der Waals surface area contributed by atoms with E-state index in [1.165, 1.54) is 17.8 Å². The minimum atomic E-state index is -0.926. The summed E-state index contributed by atoms with van der Waals surface area (Å²) in [5, 5.41) is 8.89. The molecule has 1 aliphatic rings. The fourth-order valence-electron chi connectivity index (χ4n) is 3.00. The molecular formula is C21H21BrFNO3S2. The minimum Gasteiger partial charge on any atom is -0.488 e. The number of benzene rings is 2. The van der Waals surface area contributed by atoms with E-state index in [-0.39, 0.29) is 24.4 Å². The number of carboxylic acids is 1. The van der Waals surface area contributed by atoms with Crippen LogP contribution in [0.3, 0.4) is 0 Å². The zero-order valence-electron chi connectivity index (χ0n) is 16.2. The van der Waals surface area contributed by atoms with Gasteiger partial charge in [0, 0.05) is 14.9 Å². The van der Waals surface area contributed by atoms with Crippen LogP contribution in [0.15, 0.2) is 45.8 Å². The van der Waals surface area contributed by atoms with Crippen LogP contribution in [-0.4, -0.2) is 26.9 Å². The smallest absolute Gasteiger partial charge is 0.304 e. The molecule has 154 valence electrons. The zero-order valence-corrected chi connectivity index (χ0v) is 19.5. The highest BCUT2D eigenvalue weighted by molar-refractivity contribution is 9.10. The maximum absolute atomic E-state index is 14.4. The Bertz CT molecular complexity index is 961. The van der Waals surface area contributed by atoms with Crippen molar-refractivity contribution in [3.63, 3.8) is 0 Å². The van der Waals surface area contributed by atoms with Crippen molar-refractivity contribution in [3.8, 4) is 5.75 Å². The van der Waals surface area contributed by atoms with Gasteiger partial charge in [-0.2, -0.15) is 0 Å². The summed E-state index contributed by atoms with van der Waals surface area (Å²) in [7, 11) is 0. The minimum absolute atomic E-state index is 0.105. The van der Waals surface area contributed by atoms with Gasteiger partial charge in [0.15, 0.2) is 0 Å². The molecule has 2 aromatic rings. The monoisotopic (exact) mass is 497 g/mol. The molecule has 1 heterocycles. The molecule has 0 spiro atoms. The molecule has 3 rings (SSSR count). The van der Waals surface area contributed by atoms with Crippen LogP contribution >= 0.6 is 39.9 Å². The molecule has 0 radical (unpaired) electrons. The Hall–Kier alpha value is -1.64. The van der Waals surface area contributed by atoms with E-state index >= 15 is 0 Å².